The van der Waals surface area contributed by atoms with Gasteiger partial charge in [-0.05, 0) is 24.2 Å². The molecule has 5 nitrogen and oxygen atoms in total. The maximum absolute atomic E-state index is 12.6. The van der Waals surface area contributed by atoms with Crippen LogP contribution in [0.1, 0.15) is 20.3 Å². The zero-order valence-corrected chi connectivity index (χ0v) is 11.9. The number of imide groups is 1. The van der Waals surface area contributed by atoms with Crippen LogP contribution in [0.3, 0.4) is 0 Å². The normalized spacial score (nSPS) is 35.9. The van der Waals surface area contributed by atoms with E-state index in [9.17, 15) is 14.4 Å². The average Bonchev–Trinajstić information content (AvgIpc) is 3.07. The number of methoxy groups -OCH3 is 1. The number of amides is 2. The summed E-state index contributed by atoms with van der Waals surface area (Å²) >= 11 is 0. The van der Waals surface area contributed by atoms with Crippen LogP contribution < -0.4 is 0 Å². The number of carbonyl (C=O) groups is 3. The molecular formula is C15H19NO4. The summed E-state index contributed by atoms with van der Waals surface area (Å²) in [7, 11) is 1.29. The molecule has 2 bridgehead atoms. The summed E-state index contributed by atoms with van der Waals surface area (Å²) in [6, 6.07) is -0.801. The molecule has 2 aliphatic carbocycles. The smallest absolute Gasteiger partial charge is 0.329 e. The monoisotopic (exact) mass is 277 g/mol. The predicted octanol–water partition coefficient (Wildman–Crippen LogP) is 0.991. The Labute approximate surface area is 117 Å². The number of carbonyl (C=O) groups excluding carboxylic acids is 3. The second-order valence-electron chi connectivity index (χ2n) is 6.26. The van der Waals surface area contributed by atoms with E-state index in [1.807, 2.05) is 26.0 Å². The fourth-order valence-electron chi connectivity index (χ4n) is 4.00. The van der Waals surface area contributed by atoms with Crippen LogP contribution in [-0.2, 0) is 19.1 Å². The Morgan fingerprint density at radius 2 is 1.70 bits per heavy atom. The molecule has 5 heteroatoms. The largest absolute Gasteiger partial charge is 0.467 e. The molecule has 1 aliphatic heterocycles. The lowest BCUT2D eigenvalue weighted by molar-refractivity contribution is -0.159. The first-order chi connectivity index (χ1) is 9.47. The van der Waals surface area contributed by atoms with Crippen LogP contribution in [0, 0.1) is 29.6 Å². The molecule has 0 N–H and O–H groups in total. The molecule has 0 unspecified atom stereocenters. The highest BCUT2D eigenvalue weighted by molar-refractivity contribution is 6.09. The van der Waals surface area contributed by atoms with E-state index in [-0.39, 0.29) is 41.4 Å². The van der Waals surface area contributed by atoms with Gasteiger partial charge in [0.15, 0.2) is 0 Å². The van der Waals surface area contributed by atoms with Gasteiger partial charge in [-0.2, -0.15) is 0 Å². The van der Waals surface area contributed by atoms with Gasteiger partial charge in [-0.3, -0.25) is 14.5 Å². The predicted molar refractivity (Wildman–Crippen MR) is 70.2 cm³/mol. The van der Waals surface area contributed by atoms with E-state index < -0.39 is 12.0 Å². The highest BCUT2D eigenvalue weighted by Gasteiger charge is 2.61. The van der Waals surface area contributed by atoms with Gasteiger partial charge in [0.1, 0.15) is 6.04 Å². The molecule has 0 spiro atoms. The summed E-state index contributed by atoms with van der Waals surface area (Å²) in [5.41, 5.74) is 0. The van der Waals surface area contributed by atoms with Crippen LogP contribution in [0.15, 0.2) is 12.2 Å². The zero-order valence-electron chi connectivity index (χ0n) is 11.9. The van der Waals surface area contributed by atoms with Gasteiger partial charge in [-0.1, -0.05) is 26.0 Å². The average molecular weight is 277 g/mol. The fourth-order valence-corrected chi connectivity index (χ4v) is 4.00. The number of likely N-dealkylation sites (tertiary alicyclic amines) is 1. The number of esters is 1. The number of allylic oxidation sites excluding steroid dienone is 2. The highest BCUT2D eigenvalue weighted by atomic mass is 16.5. The maximum Gasteiger partial charge on any atom is 0.329 e. The van der Waals surface area contributed by atoms with E-state index in [2.05, 4.69) is 0 Å². The zero-order chi connectivity index (χ0) is 14.6. The quantitative estimate of drug-likeness (QED) is 0.438. The van der Waals surface area contributed by atoms with Crippen LogP contribution >= 0.6 is 0 Å². The SMILES string of the molecule is COC(=O)[C@@H](C(C)C)N1C(=O)[C@@H]2[C@H](C1=O)[C@@H]1C=C[C@@H]2C1. The van der Waals surface area contributed by atoms with E-state index in [0.29, 0.717) is 0 Å². The minimum atomic E-state index is -0.801. The Kier molecular flexibility index (Phi) is 2.96. The molecule has 2 fully saturated rings. The van der Waals surface area contributed by atoms with Gasteiger partial charge in [-0.25, -0.2) is 4.79 Å². The molecule has 3 rings (SSSR count). The fraction of sp³-hybridized carbons (Fsp3) is 0.667. The van der Waals surface area contributed by atoms with Crippen molar-refractivity contribution in [3.63, 3.8) is 0 Å². The lowest BCUT2D eigenvalue weighted by atomic mass is 9.85. The summed E-state index contributed by atoms with van der Waals surface area (Å²) in [4.78, 5) is 38.4. The molecule has 5 atom stereocenters. The Morgan fingerprint density at radius 1 is 1.20 bits per heavy atom. The van der Waals surface area contributed by atoms with E-state index >= 15 is 0 Å². The van der Waals surface area contributed by atoms with Crippen molar-refractivity contribution < 1.29 is 19.1 Å². The highest BCUT2D eigenvalue weighted by Crippen LogP contribution is 2.53. The molecule has 0 radical (unpaired) electrons. The van der Waals surface area contributed by atoms with Crippen LogP contribution in [0.25, 0.3) is 0 Å². The third kappa shape index (κ3) is 1.58. The lowest BCUT2D eigenvalue weighted by Crippen LogP contribution is -2.49. The Balaban J connectivity index is 1.94. The van der Waals surface area contributed by atoms with Gasteiger partial charge in [0.25, 0.3) is 0 Å². The van der Waals surface area contributed by atoms with Crippen LogP contribution in [-0.4, -0.2) is 35.8 Å². The summed E-state index contributed by atoms with van der Waals surface area (Å²) in [6.07, 6.45) is 4.98. The number of hydrogen-bond donors (Lipinski definition) is 0. The van der Waals surface area contributed by atoms with Gasteiger partial charge >= 0.3 is 5.97 Å². The maximum atomic E-state index is 12.6. The minimum Gasteiger partial charge on any atom is -0.467 e. The first-order valence-corrected chi connectivity index (χ1v) is 7.10. The van der Waals surface area contributed by atoms with Crippen molar-refractivity contribution in [3.05, 3.63) is 12.2 Å². The molecular weight excluding hydrogens is 258 g/mol. The number of nitrogens with zero attached hydrogens (tertiary/aromatic N) is 1. The molecule has 0 aromatic carbocycles. The number of ether oxygens (including phenoxy) is 1. The van der Waals surface area contributed by atoms with Crippen LogP contribution in [0.5, 0.6) is 0 Å². The minimum absolute atomic E-state index is 0.153. The third-order valence-corrected chi connectivity index (χ3v) is 4.86. The summed E-state index contributed by atoms with van der Waals surface area (Å²) in [5.74, 6) is -1.25. The molecule has 0 aromatic heterocycles. The molecule has 1 heterocycles. The van der Waals surface area contributed by atoms with Crippen molar-refractivity contribution in [2.45, 2.75) is 26.3 Å². The third-order valence-electron chi connectivity index (χ3n) is 4.86. The van der Waals surface area contributed by atoms with Crippen molar-refractivity contribution in [1.82, 2.24) is 4.90 Å². The first-order valence-electron chi connectivity index (χ1n) is 7.10. The number of fused-ring (bicyclic) bond motifs is 5. The van der Waals surface area contributed by atoms with Gasteiger partial charge < -0.3 is 4.74 Å². The number of hydrogen-bond acceptors (Lipinski definition) is 4. The Hall–Kier alpha value is -1.65. The van der Waals surface area contributed by atoms with Crippen molar-refractivity contribution in [2.24, 2.45) is 29.6 Å². The van der Waals surface area contributed by atoms with E-state index in [1.54, 1.807) is 0 Å². The molecule has 108 valence electrons. The molecule has 2 amide bonds. The van der Waals surface area contributed by atoms with Crippen molar-refractivity contribution in [3.8, 4) is 0 Å². The lowest BCUT2D eigenvalue weighted by Gasteiger charge is -2.28. The van der Waals surface area contributed by atoms with Crippen LogP contribution in [0.4, 0.5) is 0 Å². The molecule has 20 heavy (non-hydrogen) atoms. The van der Waals surface area contributed by atoms with E-state index in [4.69, 9.17) is 4.74 Å². The van der Waals surface area contributed by atoms with Crippen molar-refractivity contribution in [2.75, 3.05) is 7.11 Å². The Morgan fingerprint density at radius 3 is 2.10 bits per heavy atom. The second kappa shape index (κ2) is 4.43. The standard InChI is InChI=1S/C15H19NO4/c1-7(2)12(15(19)20-3)16-13(17)10-8-4-5-9(6-8)11(10)14(16)18/h4-5,7-12H,6H2,1-3H3/t8-,9-,10-,11+,12-/m1/s1. The topological polar surface area (TPSA) is 63.7 Å². The van der Waals surface area contributed by atoms with Gasteiger partial charge in [0.05, 0.1) is 18.9 Å². The van der Waals surface area contributed by atoms with Gasteiger partial charge in [0, 0.05) is 0 Å². The summed E-state index contributed by atoms with van der Waals surface area (Å²) in [6.45, 7) is 3.65. The molecule has 1 saturated heterocycles. The molecule has 3 aliphatic rings. The Bertz CT molecular complexity index is 480. The van der Waals surface area contributed by atoms with Gasteiger partial charge in [0.2, 0.25) is 11.8 Å². The van der Waals surface area contributed by atoms with Gasteiger partial charge in [-0.15, -0.1) is 0 Å². The second-order valence-corrected chi connectivity index (χ2v) is 6.26. The number of rotatable bonds is 3. The molecule has 0 aromatic rings. The van der Waals surface area contributed by atoms with Crippen molar-refractivity contribution >= 4 is 17.8 Å². The summed E-state index contributed by atoms with van der Waals surface area (Å²) < 4.78 is 4.77. The van der Waals surface area contributed by atoms with Crippen molar-refractivity contribution in [1.29, 1.82) is 0 Å². The van der Waals surface area contributed by atoms with Crippen LogP contribution in [0.2, 0.25) is 0 Å². The first kappa shape index (κ1) is 13.3. The van der Waals surface area contributed by atoms with E-state index in [0.717, 1.165) is 6.42 Å². The molecule has 1 saturated carbocycles. The summed E-state index contributed by atoms with van der Waals surface area (Å²) in [5, 5.41) is 0. The van der Waals surface area contributed by atoms with E-state index in [1.165, 1.54) is 12.0 Å².